The largest absolute Gasteiger partial charge is 0.319 e. The number of hydrogen-bond donors (Lipinski definition) is 1. The second-order valence-electron chi connectivity index (χ2n) is 5.05. The van der Waals surface area contributed by atoms with Crippen LogP contribution in [0.5, 0.6) is 0 Å². The predicted octanol–water partition coefficient (Wildman–Crippen LogP) is 4.83. The van der Waals surface area contributed by atoms with Crippen LogP contribution in [0.15, 0.2) is 57.5 Å². The summed E-state index contributed by atoms with van der Waals surface area (Å²) in [6.45, 7) is 1.02. The van der Waals surface area contributed by atoms with Gasteiger partial charge >= 0.3 is 0 Å². The molecular weight excluding hydrogens is 378 g/mol. The Morgan fingerprint density at radius 3 is 2.50 bits per heavy atom. The molecule has 2 aromatic rings. The minimum Gasteiger partial charge on any atom is -0.319 e. The van der Waals surface area contributed by atoms with Gasteiger partial charge in [0.05, 0.1) is 0 Å². The van der Waals surface area contributed by atoms with E-state index < -0.39 is 0 Å². The smallest absolute Gasteiger partial charge is 0.0207 e. The molecule has 1 atom stereocenters. The lowest BCUT2D eigenvalue weighted by atomic mass is 9.92. The first-order valence-corrected chi connectivity index (χ1v) is 8.40. The van der Waals surface area contributed by atoms with Gasteiger partial charge in [0.1, 0.15) is 0 Å². The van der Waals surface area contributed by atoms with Crippen LogP contribution in [0.3, 0.4) is 0 Å². The maximum Gasteiger partial charge on any atom is 0.0207 e. The Hall–Kier alpha value is -0.640. The molecule has 0 saturated heterocycles. The molecule has 3 heteroatoms. The van der Waals surface area contributed by atoms with Gasteiger partial charge in [-0.3, -0.25) is 0 Å². The number of hydrogen-bond acceptors (Lipinski definition) is 1. The van der Waals surface area contributed by atoms with E-state index in [1.54, 1.807) is 0 Å². The van der Waals surface area contributed by atoms with Crippen molar-refractivity contribution < 1.29 is 0 Å². The van der Waals surface area contributed by atoms with Crippen molar-refractivity contribution >= 4 is 31.9 Å². The summed E-state index contributed by atoms with van der Waals surface area (Å²) in [6, 6.07) is 17.1. The van der Waals surface area contributed by atoms with Crippen LogP contribution in [0.2, 0.25) is 0 Å². The molecule has 2 rings (SSSR count). The lowest BCUT2D eigenvalue weighted by Gasteiger charge is -2.18. The summed E-state index contributed by atoms with van der Waals surface area (Å²) < 4.78 is 2.36. The summed E-state index contributed by atoms with van der Waals surface area (Å²) in [5.74, 6) is 0.591. The third kappa shape index (κ3) is 4.72. The van der Waals surface area contributed by atoms with Crippen LogP contribution in [-0.2, 0) is 12.8 Å². The molecule has 0 aromatic heterocycles. The number of nitrogens with one attached hydrogen (secondary N) is 1. The van der Waals surface area contributed by atoms with E-state index >= 15 is 0 Å². The zero-order chi connectivity index (χ0) is 14.4. The molecule has 0 spiro atoms. The maximum absolute atomic E-state index is 3.65. The van der Waals surface area contributed by atoms with Crippen LogP contribution < -0.4 is 5.32 Å². The molecule has 0 fully saturated rings. The van der Waals surface area contributed by atoms with Crippen LogP contribution in [0, 0.1) is 5.92 Å². The van der Waals surface area contributed by atoms with E-state index in [0.29, 0.717) is 5.92 Å². The van der Waals surface area contributed by atoms with E-state index in [0.717, 1.165) is 23.9 Å². The fourth-order valence-electron chi connectivity index (χ4n) is 2.48. The molecule has 106 valence electrons. The van der Waals surface area contributed by atoms with Crippen molar-refractivity contribution in [3.8, 4) is 0 Å². The zero-order valence-electron chi connectivity index (χ0n) is 11.6. The fourth-order valence-corrected chi connectivity index (χ4v) is 3.37. The SMILES string of the molecule is CNCC(Cc1cccc(Br)c1)Cc1ccccc1Br. The van der Waals surface area contributed by atoms with Crippen LogP contribution in [0.4, 0.5) is 0 Å². The quantitative estimate of drug-likeness (QED) is 0.737. The molecule has 0 aliphatic carbocycles. The van der Waals surface area contributed by atoms with E-state index in [4.69, 9.17) is 0 Å². The Balaban J connectivity index is 2.09. The van der Waals surface area contributed by atoms with E-state index in [1.807, 2.05) is 7.05 Å². The highest BCUT2D eigenvalue weighted by molar-refractivity contribution is 9.10. The first kappa shape index (κ1) is 15.7. The average molecular weight is 397 g/mol. The van der Waals surface area contributed by atoms with Gasteiger partial charge in [-0.1, -0.05) is 62.2 Å². The maximum atomic E-state index is 3.65. The fraction of sp³-hybridized carbons (Fsp3) is 0.294. The summed E-state index contributed by atoms with van der Waals surface area (Å²) in [5, 5.41) is 3.32. The van der Waals surface area contributed by atoms with Crippen molar-refractivity contribution in [3.05, 3.63) is 68.6 Å². The molecule has 0 aliphatic rings. The molecule has 0 amide bonds. The van der Waals surface area contributed by atoms with Crippen LogP contribution in [0.25, 0.3) is 0 Å². The normalized spacial score (nSPS) is 12.3. The van der Waals surface area contributed by atoms with Gasteiger partial charge < -0.3 is 5.32 Å². The summed E-state index contributed by atoms with van der Waals surface area (Å²) in [6.07, 6.45) is 2.16. The van der Waals surface area contributed by atoms with Crippen molar-refractivity contribution in [3.63, 3.8) is 0 Å². The average Bonchev–Trinajstić information content (AvgIpc) is 2.42. The lowest BCUT2D eigenvalue weighted by Crippen LogP contribution is -2.23. The molecule has 0 saturated carbocycles. The van der Waals surface area contributed by atoms with Crippen LogP contribution in [-0.4, -0.2) is 13.6 Å². The van der Waals surface area contributed by atoms with Gasteiger partial charge in [-0.15, -0.1) is 0 Å². The molecule has 0 aliphatic heterocycles. The third-order valence-electron chi connectivity index (χ3n) is 3.37. The van der Waals surface area contributed by atoms with Crippen LogP contribution in [0.1, 0.15) is 11.1 Å². The number of halogens is 2. The van der Waals surface area contributed by atoms with Gasteiger partial charge in [0.15, 0.2) is 0 Å². The van der Waals surface area contributed by atoms with Gasteiger partial charge in [-0.2, -0.15) is 0 Å². The highest BCUT2D eigenvalue weighted by Gasteiger charge is 2.12. The van der Waals surface area contributed by atoms with Gasteiger partial charge in [0.2, 0.25) is 0 Å². The van der Waals surface area contributed by atoms with Gasteiger partial charge in [0, 0.05) is 8.95 Å². The molecule has 2 aromatic carbocycles. The summed E-state index contributed by atoms with van der Waals surface area (Å²) >= 11 is 7.19. The van der Waals surface area contributed by atoms with Crippen molar-refractivity contribution in [1.82, 2.24) is 5.32 Å². The van der Waals surface area contributed by atoms with Crippen molar-refractivity contribution in [1.29, 1.82) is 0 Å². The minimum absolute atomic E-state index is 0.591. The molecule has 1 N–H and O–H groups in total. The van der Waals surface area contributed by atoms with Gasteiger partial charge in [0.25, 0.3) is 0 Å². The molecule has 1 nitrogen and oxygen atoms in total. The second kappa shape index (κ2) is 7.96. The standard InChI is InChI=1S/C17H19Br2N/c1-20-12-14(9-13-5-4-7-16(18)11-13)10-15-6-2-3-8-17(15)19/h2-8,11,14,20H,9-10,12H2,1H3. The molecule has 0 bridgehead atoms. The summed E-state index contributed by atoms with van der Waals surface area (Å²) in [5.41, 5.74) is 2.76. The highest BCUT2D eigenvalue weighted by Crippen LogP contribution is 2.22. The van der Waals surface area contributed by atoms with Crippen molar-refractivity contribution in [2.24, 2.45) is 5.92 Å². The summed E-state index contributed by atoms with van der Waals surface area (Å²) in [4.78, 5) is 0. The topological polar surface area (TPSA) is 12.0 Å². The van der Waals surface area contributed by atoms with E-state index in [2.05, 4.69) is 85.7 Å². The minimum atomic E-state index is 0.591. The van der Waals surface area contributed by atoms with Crippen LogP contribution >= 0.6 is 31.9 Å². The second-order valence-corrected chi connectivity index (χ2v) is 6.82. The van der Waals surface area contributed by atoms with Gasteiger partial charge in [-0.25, -0.2) is 0 Å². The Morgan fingerprint density at radius 2 is 1.80 bits per heavy atom. The van der Waals surface area contributed by atoms with Crippen molar-refractivity contribution in [2.75, 3.05) is 13.6 Å². The highest BCUT2D eigenvalue weighted by atomic mass is 79.9. The Bertz CT molecular complexity index is 554. The predicted molar refractivity (Wildman–Crippen MR) is 93.1 cm³/mol. The molecule has 20 heavy (non-hydrogen) atoms. The number of rotatable bonds is 6. The Kier molecular flexibility index (Phi) is 6.27. The first-order chi connectivity index (χ1) is 9.69. The molecule has 0 heterocycles. The Labute approximate surface area is 138 Å². The first-order valence-electron chi connectivity index (χ1n) is 6.81. The monoisotopic (exact) mass is 395 g/mol. The number of benzene rings is 2. The molecular formula is C17H19Br2N. The van der Waals surface area contributed by atoms with E-state index in [1.165, 1.54) is 15.6 Å². The third-order valence-corrected chi connectivity index (χ3v) is 4.64. The van der Waals surface area contributed by atoms with Crippen molar-refractivity contribution in [2.45, 2.75) is 12.8 Å². The summed E-state index contributed by atoms with van der Waals surface area (Å²) in [7, 11) is 2.02. The lowest BCUT2D eigenvalue weighted by molar-refractivity contribution is 0.492. The van der Waals surface area contributed by atoms with E-state index in [-0.39, 0.29) is 0 Å². The van der Waals surface area contributed by atoms with E-state index in [9.17, 15) is 0 Å². The zero-order valence-corrected chi connectivity index (χ0v) is 14.7. The molecule has 0 radical (unpaired) electrons. The molecule has 1 unspecified atom stereocenters. The Morgan fingerprint density at radius 1 is 1.00 bits per heavy atom. The van der Waals surface area contributed by atoms with Gasteiger partial charge in [-0.05, 0) is 61.7 Å².